The van der Waals surface area contributed by atoms with Crippen LogP contribution in [0.1, 0.15) is 23.2 Å². The topological polar surface area (TPSA) is 113 Å². The van der Waals surface area contributed by atoms with Gasteiger partial charge >= 0.3 is 5.97 Å². The molecule has 1 aliphatic rings. The van der Waals surface area contributed by atoms with E-state index in [2.05, 4.69) is 5.32 Å². The number of methoxy groups -OCH3 is 1. The predicted molar refractivity (Wildman–Crippen MR) is 89.8 cm³/mol. The van der Waals surface area contributed by atoms with Crippen LogP contribution in [0.4, 0.5) is 0 Å². The lowest BCUT2D eigenvalue weighted by molar-refractivity contribution is -0.126. The third-order valence-corrected chi connectivity index (χ3v) is 6.08. The molecule has 0 radical (unpaired) electrons. The zero-order valence-corrected chi connectivity index (χ0v) is 14.8. The number of sulfonamides is 1. The Morgan fingerprint density at radius 2 is 1.84 bits per heavy atom. The molecule has 1 aromatic carbocycles. The van der Waals surface area contributed by atoms with Gasteiger partial charge in [0.2, 0.25) is 15.9 Å². The van der Waals surface area contributed by atoms with E-state index in [-0.39, 0.29) is 35.4 Å². The molecule has 0 saturated carbocycles. The summed E-state index contributed by atoms with van der Waals surface area (Å²) in [5.74, 6) is -1.40. The number of hydrogen-bond acceptors (Lipinski definition) is 5. The van der Waals surface area contributed by atoms with Crippen molar-refractivity contribution in [1.29, 1.82) is 0 Å². The number of ether oxygens (including phenoxy) is 1. The van der Waals surface area contributed by atoms with Gasteiger partial charge in [-0.25, -0.2) is 13.2 Å². The van der Waals surface area contributed by atoms with Crippen molar-refractivity contribution in [1.82, 2.24) is 9.62 Å². The molecule has 0 atom stereocenters. The summed E-state index contributed by atoms with van der Waals surface area (Å²) >= 11 is 0. The average Bonchev–Trinajstić information content (AvgIpc) is 2.62. The van der Waals surface area contributed by atoms with Crippen molar-refractivity contribution in [2.45, 2.75) is 17.7 Å². The van der Waals surface area contributed by atoms with Crippen molar-refractivity contribution in [2.24, 2.45) is 5.92 Å². The van der Waals surface area contributed by atoms with Gasteiger partial charge in [-0.05, 0) is 37.1 Å². The highest BCUT2D eigenvalue weighted by molar-refractivity contribution is 7.89. The Balaban J connectivity index is 1.96. The monoisotopic (exact) mass is 370 g/mol. The molecule has 2 rings (SSSR count). The van der Waals surface area contributed by atoms with Gasteiger partial charge in [-0.2, -0.15) is 4.31 Å². The molecule has 8 nitrogen and oxygen atoms in total. The fourth-order valence-corrected chi connectivity index (χ4v) is 4.17. The first-order chi connectivity index (χ1) is 11.9. The number of amides is 1. The van der Waals surface area contributed by atoms with Crippen LogP contribution >= 0.6 is 0 Å². The average molecular weight is 370 g/mol. The van der Waals surface area contributed by atoms with Gasteiger partial charge in [0, 0.05) is 32.7 Å². The summed E-state index contributed by atoms with van der Waals surface area (Å²) in [6, 6.07) is 5.13. The summed E-state index contributed by atoms with van der Waals surface area (Å²) in [6.45, 7) is 1.38. The maximum Gasteiger partial charge on any atom is 0.335 e. The summed E-state index contributed by atoms with van der Waals surface area (Å²) in [6.07, 6.45) is 0.899. The van der Waals surface area contributed by atoms with Crippen LogP contribution in [0.5, 0.6) is 0 Å². The highest BCUT2D eigenvalue weighted by atomic mass is 32.2. The number of aromatic carboxylic acids is 1. The number of rotatable bonds is 7. The molecule has 138 valence electrons. The minimum Gasteiger partial charge on any atom is -0.478 e. The van der Waals surface area contributed by atoms with Gasteiger partial charge in [-0.3, -0.25) is 4.79 Å². The third kappa shape index (κ3) is 4.77. The fourth-order valence-electron chi connectivity index (χ4n) is 2.70. The van der Waals surface area contributed by atoms with Crippen molar-refractivity contribution in [3.8, 4) is 0 Å². The molecule has 0 spiro atoms. The number of nitrogens with zero attached hydrogens (tertiary/aromatic N) is 1. The van der Waals surface area contributed by atoms with Crippen LogP contribution < -0.4 is 5.32 Å². The number of nitrogens with one attached hydrogen (secondary N) is 1. The van der Waals surface area contributed by atoms with Crippen LogP contribution in [0.3, 0.4) is 0 Å². The molecular weight excluding hydrogens is 348 g/mol. The first-order valence-corrected chi connectivity index (χ1v) is 9.40. The normalized spacial score (nSPS) is 16.5. The van der Waals surface area contributed by atoms with Gasteiger partial charge in [-0.1, -0.05) is 0 Å². The Bertz CT molecular complexity index is 709. The number of piperidine rings is 1. The largest absolute Gasteiger partial charge is 0.478 e. The maximum absolute atomic E-state index is 12.6. The van der Waals surface area contributed by atoms with E-state index in [1.165, 1.54) is 28.6 Å². The van der Waals surface area contributed by atoms with Crippen LogP contribution in [0.15, 0.2) is 29.2 Å². The summed E-state index contributed by atoms with van der Waals surface area (Å²) < 4.78 is 31.4. The highest BCUT2D eigenvalue weighted by Gasteiger charge is 2.32. The fraction of sp³-hybridized carbons (Fsp3) is 0.500. The Labute approximate surface area is 146 Å². The van der Waals surface area contributed by atoms with E-state index in [4.69, 9.17) is 9.84 Å². The van der Waals surface area contributed by atoms with Crippen molar-refractivity contribution in [2.75, 3.05) is 33.4 Å². The van der Waals surface area contributed by atoms with Gasteiger partial charge in [0.1, 0.15) is 0 Å². The molecule has 1 amide bonds. The van der Waals surface area contributed by atoms with Gasteiger partial charge in [0.25, 0.3) is 0 Å². The van der Waals surface area contributed by atoms with E-state index in [9.17, 15) is 18.0 Å². The minimum absolute atomic E-state index is 0.0328. The van der Waals surface area contributed by atoms with E-state index in [0.717, 1.165) is 0 Å². The second-order valence-electron chi connectivity index (χ2n) is 5.79. The molecule has 0 aromatic heterocycles. The Hall–Kier alpha value is -1.97. The molecule has 0 aliphatic carbocycles. The first-order valence-electron chi connectivity index (χ1n) is 7.96. The van der Waals surface area contributed by atoms with Crippen molar-refractivity contribution >= 4 is 21.9 Å². The standard InChI is InChI=1S/C16H22N2O6S/c1-24-11-8-17-15(19)12-6-9-18(10-7-12)25(22,23)14-4-2-13(3-5-14)16(20)21/h2-5,12H,6-11H2,1H3,(H,17,19)(H,20,21). The molecule has 1 aromatic rings. The SMILES string of the molecule is COCCNC(=O)C1CCN(S(=O)(=O)c2ccc(C(=O)O)cc2)CC1. The molecule has 0 unspecified atom stereocenters. The van der Waals surface area contributed by atoms with Gasteiger partial charge in [-0.15, -0.1) is 0 Å². The molecule has 25 heavy (non-hydrogen) atoms. The van der Waals surface area contributed by atoms with Crippen LogP contribution in [0.25, 0.3) is 0 Å². The molecule has 1 heterocycles. The molecule has 1 fully saturated rings. The van der Waals surface area contributed by atoms with Gasteiger partial charge in [0.05, 0.1) is 17.1 Å². The number of carboxylic acids is 1. The molecule has 0 bridgehead atoms. The van der Waals surface area contributed by atoms with Crippen LogP contribution in [-0.2, 0) is 19.6 Å². The van der Waals surface area contributed by atoms with Crippen molar-refractivity contribution in [3.63, 3.8) is 0 Å². The van der Waals surface area contributed by atoms with Crippen molar-refractivity contribution in [3.05, 3.63) is 29.8 Å². The Morgan fingerprint density at radius 3 is 2.36 bits per heavy atom. The number of carbonyl (C=O) groups excluding carboxylic acids is 1. The second kappa shape index (κ2) is 8.41. The van der Waals surface area contributed by atoms with E-state index >= 15 is 0 Å². The lowest BCUT2D eigenvalue weighted by Gasteiger charge is -2.30. The van der Waals surface area contributed by atoms with Crippen molar-refractivity contribution < 1.29 is 27.9 Å². The third-order valence-electron chi connectivity index (χ3n) is 4.17. The summed E-state index contributed by atoms with van der Waals surface area (Å²) in [7, 11) is -2.13. The Morgan fingerprint density at radius 1 is 1.24 bits per heavy atom. The molecule has 1 aliphatic heterocycles. The zero-order valence-electron chi connectivity index (χ0n) is 14.0. The van der Waals surface area contributed by atoms with E-state index < -0.39 is 16.0 Å². The number of carbonyl (C=O) groups is 2. The minimum atomic E-state index is -3.69. The van der Waals surface area contributed by atoms with Crippen LogP contribution in [-0.4, -0.2) is 63.1 Å². The smallest absolute Gasteiger partial charge is 0.335 e. The van der Waals surface area contributed by atoms with Gasteiger partial charge in [0.15, 0.2) is 0 Å². The van der Waals surface area contributed by atoms with E-state index in [1.54, 1.807) is 7.11 Å². The summed E-state index contributed by atoms with van der Waals surface area (Å²) in [5.41, 5.74) is 0.0328. The van der Waals surface area contributed by atoms with Crippen LogP contribution in [0.2, 0.25) is 0 Å². The van der Waals surface area contributed by atoms with E-state index in [1.807, 2.05) is 0 Å². The second-order valence-corrected chi connectivity index (χ2v) is 7.73. The summed E-state index contributed by atoms with van der Waals surface area (Å²) in [4.78, 5) is 22.9. The lowest BCUT2D eigenvalue weighted by Crippen LogP contribution is -2.43. The lowest BCUT2D eigenvalue weighted by atomic mass is 9.97. The quantitative estimate of drug-likeness (QED) is 0.678. The van der Waals surface area contributed by atoms with E-state index in [0.29, 0.717) is 26.0 Å². The predicted octanol–water partition coefficient (Wildman–Crippen LogP) is 0.548. The summed E-state index contributed by atoms with van der Waals surface area (Å²) in [5, 5.41) is 11.6. The van der Waals surface area contributed by atoms with Crippen LogP contribution in [0, 0.1) is 5.92 Å². The highest BCUT2D eigenvalue weighted by Crippen LogP contribution is 2.24. The zero-order chi connectivity index (χ0) is 18.4. The maximum atomic E-state index is 12.6. The molecule has 9 heteroatoms. The molecule has 1 saturated heterocycles. The molecule has 2 N–H and O–H groups in total. The number of hydrogen-bond donors (Lipinski definition) is 2. The first kappa shape index (κ1) is 19.4. The Kier molecular flexibility index (Phi) is 6.51. The molecular formula is C16H22N2O6S. The van der Waals surface area contributed by atoms with Gasteiger partial charge < -0.3 is 15.2 Å². The number of carboxylic acid groups (broad SMARTS) is 1. The number of benzene rings is 1.